The van der Waals surface area contributed by atoms with E-state index in [1.807, 2.05) is 37.3 Å². The molecular weight excluding hydrogens is 296 g/mol. The zero-order valence-corrected chi connectivity index (χ0v) is 14.3. The van der Waals surface area contributed by atoms with Crippen LogP contribution < -0.4 is 10.6 Å². The Bertz CT molecular complexity index is 828. The standard InChI is InChI=1S/C20H22N4/c1-14-8-7-11-18(15(14)2)24-20-12-19(22-16(3)23-20)21-13-17-9-5-4-6-10-17/h4-12H,13H2,1-3H3,(H2,21,22,23,24). The highest BCUT2D eigenvalue weighted by atomic mass is 15.1. The molecule has 0 aliphatic carbocycles. The Kier molecular flexibility index (Phi) is 4.75. The average Bonchev–Trinajstić information content (AvgIpc) is 2.58. The zero-order valence-electron chi connectivity index (χ0n) is 14.3. The smallest absolute Gasteiger partial charge is 0.136 e. The normalized spacial score (nSPS) is 10.5. The molecule has 0 aliphatic heterocycles. The molecule has 0 saturated carbocycles. The third-order valence-electron chi connectivity index (χ3n) is 4.02. The van der Waals surface area contributed by atoms with Gasteiger partial charge >= 0.3 is 0 Å². The minimum atomic E-state index is 0.736. The van der Waals surface area contributed by atoms with E-state index in [0.717, 1.165) is 29.7 Å². The van der Waals surface area contributed by atoms with E-state index in [4.69, 9.17) is 0 Å². The number of aryl methyl sites for hydroxylation is 2. The molecular formula is C20H22N4. The SMILES string of the molecule is Cc1nc(NCc2ccccc2)cc(Nc2cccc(C)c2C)n1. The Balaban J connectivity index is 1.77. The van der Waals surface area contributed by atoms with Crippen LogP contribution in [-0.2, 0) is 6.54 Å². The van der Waals surface area contributed by atoms with Crippen molar-refractivity contribution in [2.24, 2.45) is 0 Å². The van der Waals surface area contributed by atoms with E-state index in [1.54, 1.807) is 0 Å². The lowest BCUT2D eigenvalue weighted by atomic mass is 10.1. The summed E-state index contributed by atoms with van der Waals surface area (Å²) in [6.07, 6.45) is 0. The first kappa shape index (κ1) is 16.0. The molecule has 0 aliphatic rings. The number of benzene rings is 2. The van der Waals surface area contributed by atoms with Crippen LogP contribution in [0.5, 0.6) is 0 Å². The molecule has 0 saturated heterocycles. The number of aromatic nitrogens is 2. The van der Waals surface area contributed by atoms with Gasteiger partial charge in [0, 0.05) is 18.3 Å². The van der Waals surface area contributed by atoms with Gasteiger partial charge in [0.05, 0.1) is 0 Å². The van der Waals surface area contributed by atoms with Gasteiger partial charge in [0.15, 0.2) is 0 Å². The maximum absolute atomic E-state index is 4.49. The summed E-state index contributed by atoms with van der Waals surface area (Å²) in [4.78, 5) is 8.96. The molecule has 0 unspecified atom stereocenters. The van der Waals surface area contributed by atoms with E-state index in [-0.39, 0.29) is 0 Å². The second-order valence-corrected chi connectivity index (χ2v) is 5.90. The first-order valence-corrected chi connectivity index (χ1v) is 8.08. The number of hydrogen-bond donors (Lipinski definition) is 2. The molecule has 0 bridgehead atoms. The summed E-state index contributed by atoms with van der Waals surface area (Å²) in [5, 5.41) is 6.76. The third-order valence-corrected chi connectivity index (χ3v) is 4.02. The summed E-state index contributed by atoms with van der Waals surface area (Å²) in [5.41, 5.74) is 4.78. The number of hydrogen-bond acceptors (Lipinski definition) is 4. The summed E-state index contributed by atoms with van der Waals surface area (Å²) in [6, 6.07) is 18.4. The largest absolute Gasteiger partial charge is 0.366 e. The van der Waals surface area contributed by atoms with Gasteiger partial charge in [-0.25, -0.2) is 9.97 Å². The molecule has 3 aromatic rings. The van der Waals surface area contributed by atoms with Crippen molar-refractivity contribution in [2.75, 3.05) is 10.6 Å². The van der Waals surface area contributed by atoms with Gasteiger partial charge in [0.2, 0.25) is 0 Å². The van der Waals surface area contributed by atoms with Crippen LogP contribution in [0, 0.1) is 20.8 Å². The van der Waals surface area contributed by atoms with Crippen molar-refractivity contribution in [3.8, 4) is 0 Å². The van der Waals surface area contributed by atoms with Crippen molar-refractivity contribution >= 4 is 17.3 Å². The zero-order chi connectivity index (χ0) is 16.9. The molecule has 0 atom stereocenters. The molecule has 4 nitrogen and oxygen atoms in total. The van der Waals surface area contributed by atoms with Crippen LogP contribution in [0.4, 0.5) is 17.3 Å². The molecule has 0 fully saturated rings. The molecule has 1 aromatic heterocycles. The predicted octanol–water partition coefficient (Wildman–Crippen LogP) is 4.76. The van der Waals surface area contributed by atoms with Gasteiger partial charge < -0.3 is 10.6 Å². The van der Waals surface area contributed by atoms with Crippen molar-refractivity contribution in [3.05, 3.63) is 77.1 Å². The Labute approximate surface area is 143 Å². The van der Waals surface area contributed by atoms with Crippen molar-refractivity contribution in [1.82, 2.24) is 9.97 Å². The number of nitrogens with zero attached hydrogens (tertiary/aromatic N) is 2. The summed E-state index contributed by atoms with van der Waals surface area (Å²) >= 11 is 0. The molecule has 2 aromatic carbocycles. The van der Waals surface area contributed by atoms with Crippen LogP contribution in [-0.4, -0.2) is 9.97 Å². The fourth-order valence-corrected chi connectivity index (χ4v) is 2.54. The summed E-state index contributed by atoms with van der Waals surface area (Å²) in [6.45, 7) is 6.86. The Hall–Kier alpha value is -2.88. The lowest BCUT2D eigenvalue weighted by molar-refractivity contribution is 1.02. The Morgan fingerprint density at radius 1 is 0.833 bits per heavy atom. The van der Waals surface area contributed by atoms with Crippen LogP contribution in [0.25, 0.3) is 0 Å². The van der Waals surface area contributed by atoms with Gasteiger partial charge in [-0.3, -0.25) is 0 Å². The molecule has 0 amide bonds. The van der Waals surface area contributed by atoms with Gasteiger partial charge in [0.1, 0.15) is 17.5 Å². The molecule has 122 valence electrons. The number of rotatable bonds is 5. The maximum Gasteiger partial charge on any atom is 0.136 e. The third kappa shape index (κ3) is 3.90. The van der Waals surface area contributed by atoms with Crippen molar-refractivity contribution < 1.29 is 0 Å². The van der Waals surface area contributed by atoms with E-state index in [2.05, 4.69) is 58.7 Å². The van der Waals surface area contributed by atoms with Crippen LogP contribution in [0.3, 0.4) is 0 Å². The van der Waals surface area contributed by atoms with E-state index in [1.165, 1.54) is 16.7 Å². The molecule has 1 heterocycles. The fourth-order valence-electron chi connectivity index (χ4n) is 2.54. The average molecular weight is 318 g/mol. The Morgan fingerprint density at radius 2 is 1.58 bits per heavy atom. The number of nitrogens with one attached hydrogen (secondary N) is 2. The van der Waals surface area contributed by atoms with Gasteiger partial charge in [0.25, 0.3) is 0 Å². The summed E-state index contributed by atoms with van der Waals surface area (Å²) < 4.78 is 0. The van der Waals surface area contributed by atoms with Crippen molar-refractivity contribution in [3.63, 3.8) is 0 Å². The molecule has 24 heavy (non-hydrogen) atoms. The first-order valence-electron chi connectivity index (χ1n) is 8.08. The van der Waals surface area contributed by atoms with Gasteiger partial charge in [-0.15, -0.1) is 0 Å². The maximum atomic E-state index is 4.49. The van der Waals surface area contributed by atoms with E-state index in [9.17, 15) is 0 Å². The highest BCUT2D eigenvalue weighted by molar-refractivity contribution is 5.63. The molecule has 0 spiro atoms. The van der Waals surface area contributed by atoms with Gasteiger partial charge in [-0.2, -0.15) is 0 Å². The lowest BCUT2D eigenvalue weighted by Gasteiger charge is -2.13. The van der Waals surface area contributed by atoms with Crippen LogP contribution in [0.1, 0.15) is 22.5 Å². The van der Waals surface area contributed by atoms with Crippen LogP contribution in [0.2, 0.25) is 0 Å². The van der Waals surface area contributed by atoms with E-state index in [0.29, 0.717) is 0 Å². The van der Waals surface area contributed by atoms with Crippen LogP contribution in [0.15, 0.2) is 54.6 Å². The molecule has 0 radical (unpaired) electrons. The highest BCUT2D eigenvalue weighted by Gasteiger charge is 2.05. The summed E-state index contributed by atoms with van der Waals surface area (Å²) in [5.74, 6) is 2.35. The fraction of sp³-hybridized carbons (Fsp3) is 0.200. The molecule has 3 rings (SSSR count). The number of anilines is 3. The predicted molar refractivity (Wildman–Crippen MR) is 99.7 cm³/mol. The van der Waals surface area contributed by atoms with Crippen LogP contribution >= 0.6 is 0 Å². The lowest BCUT2D eigenvalue weighted by Crippen LogP contribution is -2.05. The highest BCUT2D eigenvalue weighted by Crippen LogP contribution is 2.23. The monoisotopic (exact) mass is 318 g/mol. The second kappa shape index (κ2) is 7.13. The van der Waals surface area contributed by atoms with Gasteiger partial charge in [-0.1, -0.05) is 42.5 Å². The molecule has 4 heteroatoms. The minimum absolute atomic E-state index is 0.736. The van der Waals surface area contributed by atoms with Gasteiger partial charge in [-0.05, 0) is 43.5 Å². The van der Waals surface area contributed by atoms with Crippen molar-refractivity contribution in [1.29, 1.82) is 0 Å². The topological polar surface area (TPSA) is 49.8 Å². The van der Waals surface area contributed by atoms with Crippen molar-refractivity contribution in [2.45, 2.75) is 27.3 Å². The molecule has 2 N–H and O–H groups in total. The van der Waals surface area contributed by atoms with E-state index < -0.39 is 0 Å². The Morgan fingerprint density at radius 3 is 2.38 bits per heavy atom. The minimum Gasteiger partial charge on any atom is -0.366 e. The first-order chi connectivity index (χ1) is 11.6. The van der Waals surface area contributed by atoms with E-state index >= 15 is 0 Å². The second-order valence-electron chi connectivity index (χ2n) is 5.90. The summed E-state index contributed by atoms with van der Waals surface area (Å²) in [7, 11) is 0. The quantitative estimate of drug-likeness (QED) is 0.712.